The summed E-state index contributed by atoms with van der Waals surface area (Å²) >= 11 is 11.2. The fourth-order valence-corrected chi connectivity index (χ4v) is 6.60. The van der Waals surface area contributed by atoms with Gasteiger partial charge in [0.25, 0.3) is 0 Å². The fraction of sp³-hybridized carbons (Fsp3) is 0.259. The van der Waals surface area contributed by atoms with Crippen molar-refractivity contribution < 1.29 is 22.3 Å². The number of nitrogens with zero attached hydrogens (tertiary/aromatic N) is 2. The molecule has 1 fully saturated rings. The van der Waals surface area contributed by atoms with Crippen LogP contribution in [0.4, 0.5) is 4.39 Å². The van der Waals surface area contributed by atoms with Gasteiger partial charge in [0.1, 0.15) is 20.1 Å². The van der Waals surface area contributed by atoms with Crippen molar-refractivity contribution in [1.29, 1.82) is 0 Å². The molecule has 0 spiro atoms. The molecule has 204 valence electrons. The van der Waals surface area contributed by atoms with E-state index in [1.807, 2.05) is 30.3 Å². The number of hydrogen-bond donors (Lipinski definition) is 1. The molecule has 2 N–H and O–H groups in total. The van der Waals surface area contributed by atoms with Crippen molar-refractivity contribution in [3.05, 3.63) is 80.1 Å². The van der Waals surface area contributed by atoms with Crippen molar-refractivity contribution >= 4 is 54.9 Å². The lowest BCUT2D eigenvalue weighted by atomic mass is 10.1. The minimum absolute atomic E-state index is 0.0771. The first-order chi connectivity index (χ1) is 18.5. The molecule has 7 nitrogen and oxygen atoms in total. The number of thiazole rings is 1. The molecule has 2 aromatic heterocycles. The van der Waals surface area contributed by atoms with Crippen LogP contribution in [-0.4, -0.2) is 30.5 Å². The van der Waals surface area contributed by atoms with E-state index in [1.165, 1.54) is 23.5 Å². The lowest BCUT2D eigenvalue weighted by Crippen LogP contribution is -2.14. The largest absolute Gasteiger partial charge is 0.461 e. The maximum atomic E-state index is 14.8. The number of rotatable bonds is 9. The first-order valence-electron chi connectivity index (χ1n) is 12.2. The molecule has 39 heavy (non-hydrogen) atoms. The molecule has 1 aliphatic carbocycles. The second-order valence-electron chi connectivity index (χ2n) is 9.31. The summed E-state index contributed by atoms with van der Waals surface area (Å²) in [6, 6.07) is 13.8. The standard InChI is InChI=1S/C27H24BrClFN3O4S2/c1-2-37-27(34)24-25(29)38-26(32-24)19-13-21(17-4-3-5-18(28)12-17)33(22(19)11-15-6-7-15)14-16-8-9-23(20(30)10-16)39(31,35)36/h3-5,8-10,12-13,15H,2,6-7,11,14H2,1H3,(H2,31,35,36). The average molecular weight is 653 g/mol. The van der Waals surface area contributed by atoms with Gasteiger partial charge in [-0.1, -0.05) is 45.7 Å². The smallest absolute Gasteiger partial charge is 0.359 e. The Labute approximate surface area is 243 Å². The second-order valence-corrected chi connectivity index (χ2v) is 13.4. The van der Waals surface area contributed by atoms with Gasteiger partial charge in [0, 0.05) is 28.0 Å². The van der Waals surface area contributed by atoms with Gasteiger partial charge in [-0.05, 0) is 73.6 Å². The summed E-state index contributed by atoms with van der Waals surface area (Å²) in [7, 11) is -4.18. The molecule has 1 aliphatic rings. The number of halogens is 3. The zero-order chi connectivity index (χ0) is 27.9. The topological polar surface area (TPSA) is 104 Å². The van der Waals surface area contributed by atoms with Crippen LogP contribution in [0.3, 0.4) is 0 Å². The fourth-order valence-electron chi connectivity index (χ4n) is 4.46. The zero-order valence-electron chi connectivity index (χ0n) is 20.8. The molecule has 2 heterocycles. The molecule has 0 unspecified atom stereocenters. The Kier molecular flexibility index (Phi) is 7.98. The summed E-state index contributed by atoms with van der Waals surface area (Å²) in [5.41, 5.74) is 4.24. The Balaban J connectivity index is 1.68. The van der Waals surface area contributed by atoms with Crippen LogP contribution in [0.5, 0.6) is 0 Å². The van der Waals surface area contributed by atoms with Crippen molar-refractivity contribution in [2.45, 2.75) is 37.6 Å². The van der Waals surface area contributed by atoms with Crippen LogP contribution in [0.15, 0.2) is 57.9 Å². The molecule has 0 saturated heterocycles. The van der Waals surface area contributed by atoms with Gasteiger partial charge in [0.15, 0.2) is 5.69 Å². The number of ether oxygens (including phenoxy) is 1. The molecule has 5 rings (SSSR count). The van der Waals surface area contributed by atoms with Crippen molar-refractivity contribution in [3.63, 3.8) is 0 Å². The number of sulfonamides is 1. The summed E-state index contributed by atoms with van der Waals surface area (Å²) in [5, 5.41) is 5.74. The van der Waals surface area contributed by atoms with E-state index >= 15 is 0 Å². The van der Waals surface area contributed by atoms with Crippen LogP contribution in [0.2, 0.25) is 4.34 Å². The highest BCUT2D eigenvalue weighted by molar-refractivity contribution is 9.10. The molecule has 0 bridgehead atoms. The minimum atomic E-state index is -4.18. The minimum Gasteiger partial charge on any atom is -0.461 e. The molecule has 1 saturated carbocycles. The van der Waals surface area contributed by atoms with Crippen molar-refractivity contribution in [2.75, 3.05) is 6.61 Å². The van der Waals surface area contributed by atoms with Crippen molar-refractivity contribution in [3.8, 4) is 21.8 Å². The lowest BCUT2D eigenvalue weighted by molar-refractivity contribution is 0.0520. The van der Waals surface area contributed by atoms with E-state index in [-0.39, 0.29) is 23.2 Å². The number of carbonyl (C=O) groups is 1. The highest BCUT2D eigenvalue weighted by Gasteiger charge is 2.29. The number of benzene rings is 2. The third-order valence-electron chi connectivity index (χ3n) is 6.44. The summed E-state index contributed by atoms with van der Waals surface area (Å²) in [6.45, 7) is 2.20. The summed E-state index contributed by atoms with van der Waals surface area (Å²) in [4.78, 5) is 16.4. The molecule has 0 atom stereocenters. The normalized spacial score (nSPS) is 13.6. The molecule has 0 aliphatic heterocycles. The van der Waals surface area contributed by atoms with Crippen molar-refractivity contribution in [2.24, 2.45) is 11.1 Å². The van der Waals surface area contributed by atoms with Gasteiger partial charge in [-0.15, -0.1) is 11.3 Å². The average Bonchev–Trinajstić information content (AvgIpc) is 3.50. The number of aromatic nitrogens is 2. The van der Waals surface area contributed by atoms with Gasteiger partial charge in [-0.25, -0.2) is 27.7 Å². The summed E-state index contributed by atoms with van der Waals surface area (Å²) in [6.07, 6.45) is 2.95. The van der Waals surface area contributed by atoms with E-state index in [4.69, 9.17) is 21.5 Å². The van der Waals surface area contributed by atoms with E-state index in [0.29, 0.717) is 16.5 Å². The van der Waals surface area contributed by atoms with Gasteiger partial charge in [0.05, 0.1) is 6.61 Å². The Hall–Kier alpha value is -2.57. The Morgan fingerprint density at radius 1 is 1.26 bits per heavy atom. The van der Waals surface area contributed by atoms with E-state index in [9.17, 15) is 17.6 Å². The molecule has 12 heteroatoms. The number of esters is 1. The molecular formula is C27H24BrClFN3O4S2. The first kappa shape index (κ1) is 28.0. The predicted molar refractivity (Wildman–Crippen MR) is 153 cm³/mol. The van der Waals surface area contributed by atoms with E-state index < -0.39 is 26.7 Å². The Morgan fingerprint density at radius 3 is 2.67 bits per heavy atom. The zero-order valence-corrected chi connectivity index (χ0v) is 24.8. The van der Waals surface area contributed by atoms with Gasteiger partial charge in [0.2, 0.25) is 10.0 Å². The number of hydrogen-bond acceptors (Lipinski definition) is 6. The number of carbonyl (C=O) groups excluding carboxylic acids is 1. The highest BCUT2D eigenvalue weighted by Crippen LogP contribution is 2.42. The molecule has 4 aromatic rings. The highest BCUT2D eigenvalue weighted by atomic mass is 79.9. The van der Waals surface area contributed by atoms with E-state index in [0.717, 1.165) is 46.2 Å². The second kappa shape index (κ2) is 11.1. The molecule has 0 amide bonds. The SMILES string of the molecule is CCOC(=O)c1nc(-c2cc(-c3cccc(Br)c3)n(Cc3ccc(S(N)(=O)=O)c(F)c3)c2CC2CC2)sc1Cl. The van der Waals surface area contributed by atoms with E-state index in [1.54, 1.807) is 13.0 Å². The molecule has 2 aromatic carbocycles. The third kappa shape index (κ3) is 6.12. The summed E-state index contributed by atoms with van der Waals surface area (Å²) in [5.74, 6) is -0.985. The number of primary sulfonamides is 1. The van der Waals surface area contributed by atoms with E-state index in [2.05, 4.69) is 25.5 Å². The van der Waals surface area contributed by atoms with Gasteiger partial charge < -0.3 is 9.30 Å². The van der Waals surface area contributed by atoms with Crippen LogP contribution in [-0.2, 0) is 27.7 Å². The van der Waals surface area contributed by atoms with Crippen LogP contribution >= 0.6 is 38.9 Å². The maximum absolute atomic E-state index is 14.8. The van der Waals surface area contributed by atoms with Gasteiger partial charge >= 0.3 is 5.97 Å². The van der Waals surface area contributed by atoms with Crippen molar-refractivity contribution in [1.82, 2.24) is 9.55 Å². The van der Waals surface area contributed by atoms with Crippen LogP contribution in [0, 0.1) is 11.7 Å². The monoisotopic (exact) mass is 651 g/mol. The lowest BCUT2D eigenvalue weighted by Gasteiger charge is -2.16. The Bertz CT molecular complexity index is 1680. The summed E-state index contributed by atoms with van der Waals surface area (Å²) < 4.78 is 46.6. The molecular weight excluding hydrogens is 629 g/mol. The Morgan fingerprint density at radius 2 is 2.03 bits per heavy atom. The van der Waals surface area contributed by atoms with Gasteiger partial charge in [-0.2, -0.15) is 0 Å². The first-order valence-corrected chi connectivity index (χ1v) is 15.7. The predicted octanol–water partition coefficient (Wildman–Crippen LogP) is 6.66. The number of nitrogens with two attached hydrogens (primary N) is 1. The molecule has 0 radical (unpaired) electrons. The third-order valence-corrected chi connectivity index (χ3v) is 9.16. The van der Waals surface area contributed by atoms with Gasteiger partial charge in [-0.3, -0.25) is 0 Å². The van der Waals surface area contributed by atoms with Crippen LogP contribution < -0.4 is 5.14 Å². The van der Waals surface area contributed by atoms with Crippen LogP contribution in [0.25, 0.3) is 21.8 Å². The maximum Gasteiger partial charge on any atom is 0.359 e. The quantitative estimate of drug-likeness (QED) is 0.204. The van der Waals surface area contributed by atoms with Crippen LogP contribution in [0.1, 0.15) is 41.5 Å².